The standard InChI is InChI=1S/C26H21BrN2O6/c1-34-21-13-9-16(24(27)25(21)35-2)8-12-20(30)23-22(15-6-4-3-5-7-15)18-14-17(29(32)33)10-11-19(18)28-26(23)31/h3-14,22-23H,1-2H3,(H,28,31)/b12-8-/t22-,23+/m1/s1. The molecule has 1 amide bonds. The van der Waals surface area contributed by atoms with Crippen LogP contribution in [0, 0.1) is 16.0 Å². The van der Waals surface area contributed by atoms with E-state index < -0.39 is 28.4 Å². The summed E-state index contributed by atoms with van der Waals surface area (Å²) in [6, 6.07) is 16.8. The molecule has 35 heavy (non-hydrogen) atoms. The lowest BCUT2D eigenvalue weighted by Gasteiger charge is -2.32. The van der Waals surface area contributed by atoms with Gasteiger partial charge in [-0.3, -0.25) is 19.7 Å². The zero-order chi connectivity index (χ0) is 25.1. The van der Waals surface area contributed by atoms with Crippen molar-refractivity contribution in [3.8, 4) is 11.5 Å². The summed E-state index contributed by atoms with van der Waals surface area (Å²) in [4.78, 5) is 37.5. The molecule has 9 heteroatoms. The van der Waals surface area contributed by atoms with Gasteiger partial charge in [-0.15, -0.1) is 0 Å². The molecule has 1 aliphatic rings. The van der Waals surface area contributed by atoms with E-state index in [9.17, 15) is 19.7 Å². The number of halogens is 1. The fraction of sp³-hybridized carbons (Fsp3) is 0.154. The third-order valence-electron chi connectivity index (χ3n) is 5.86. The highest BCUT2D eigenvalue weighted by Crippen LogP contribution is 2.43. The monoisotopic (exact) mass is 536 g/mol. The molecule has 0 spiro atoms. The fourth-order valence-corrected chi connectivity index (χ4v) is 4.83. The molecule has 3 aromatic rings. The maximum absolute atomic E-state index is 13.4. The second kappa shape index (κ2) is 10.1. The molecule has 0 aromatic heterocycles. The molecule has 4 rings (SSSR count). The van der Waals surface area contributed by atoms with Crippen LogP contribution < -0.4 is 14.8 Å². The summed E-state index contributed by atoms with van der Waals surface area (Å²) in [6.45, 7) is 0. The summed E-state index contributed by atoms with van der Waals surface area (Å²) in [6.07, 6.45) is 2.93. The van der Waals surface area contributed by atoms with Crippen LogP contribution in [0.4, 0.5) is 11.4 Å². The SMILES string of the molecule is COc1ccc(/C=C\C(=O)[C@@H]2C(=O)Nc3ccc([N+](=O)[O-])cc3[C@H]2c2ccccc2)c(Br)c1OC. The van der Waals surface area contributed by atoms with E-state index >= 15 is 0 Å². The molecule has 0 saturated carbocycles. The first-order valence-electron chi connectivity index (χ1n) is 10.6. The molecule has 0 aliphatic carbocycles. The molecule has 8 nitrogen and oxygen atoms in total. The number of benzene rings is 3. The number of methoxy groups -OCH3 is 2. The van der Waals surface area contributed by atoms with E-state index in [4.69, 9.17) is 9.47 Å². The molecule has 1 aliphatic heterocycles. The van der Waals surface area contributed by atoms with Crippen molar-refractivity contribution in [2.75, 3.05) is 19.5 Å². The maximum atomic E-state index is 13.4. The molecule has 0 saturated heterocycles. The number of anilines is 1. The summed E-state index contributed by atoms with van der Waals surface area (Å²) in [5, 5.41) is 14.2. The normalized spacial score (nSPS) is 16.9. The van der Waals surface area contributed by atoms with Gasteiger partial charge in [0.15, 0.2) is 17.3 Å². The van der Waals surface area contributed by atoms with Crippen molar-refractivity contribution in [1.82, 2.24) is 0 Å². The van der Waals surface area contributed by atoms with Gasteiger partial charge >= 0.3 is 0 Å². The Labute approximate surface area is 209 Å². The third kappa shape index (κ3) is 4.67. The summed E-state index contributed by atoms with van der Waals surface area (Å²) in [5.74, 6) is -1.71. The Morgan fingerprint density at radius 2 is 1.83 bits per heavy atom. The number of ketones is 1. The van der Waals surface area contributed by atoms with Crippen LogP contribution in [0.3, 0.4) is 0 Å². The predicted octanol–water partition coefficient (Wildman–Crippen LogP) is 5.36. The Bertz CT molecular complexity index is 1340. The highest BCUT2D eigenvalue weighted by atomic mass is 79.9. The number of ether oxygens (including phenoxy) is 2. The second-order valence-electron chi connectivity index (χ2n) is 7.82. The van der Waals surface area contributed by atoms with Gasteiger partial charge in [0.05, 0.1) is 23.6 Å². The highest BCUT2D eigenvalue weighted by Gasteiger charge is 2.41. The largest absolute Gasteiger partial charge is 0.493 e. The van der Waals surface area contributed by atoms with E-state index in [2.05, 4.69) is 21.2 Å². The molecule has 1 heterocycles. The van der Waals surface area contributed by atoms with Crippen molar-refractivity contribution < 1.29 is 24.0 Å². The molecule has 0 unspecified atom stereocenters. The first kappa shape index (κ1) is 24.2. The van der Waals surface area contributed by atoms with Gasteiger partial charge in [0, 0.05) is 23.7 Å². The number of amides is 1. The first-order valence-corrected chi connectivity index (χ1v) is 11.4. The van der Waals surface area contributed by atoms with Gasteiger partial charge in [0.25, 0.3) is 5.69 Å². The smallest absolute Gasteiger partial charge is 0.269 e. The molecular formula is C26H21BrN2O6. The molecule has 1 N–H and O–H groups in total. The van der Waals surface area contributed by atoms with Crippen molar-refractivity contribution in [3.05, 3.63) is 98.0 Å². The van der Waals surface area contributed by atoms with Crippen LogP contribution >= 0.6 is 15.9 Å². The van der Waals surface area contributed by atoms with Gasteiger partial charge in [0.2, 0.25) is 5.91 Å². The average Bonchev–Trinajstić information content (AvgIpc) is 2.86. The van der Waals surface area contributed by atoms with Gasteiger partial charge in [0.1, 0.15) is 5.92 Å². The number of rotatable bonds is 7. The van der Waals surface area contributed by atoms with E-state index in [0.717, 1.165) is 0 Å². The number of hydrogen-bond donors (Lipinski definition) is 1. The van der Waals surface area contributed by atoms with Crippen LogP contribution in [0.5, 0.6) is 11.5 Å². The Morgan fingerprint density at radius 3 is 2.49 bits per heavy atom. The number of nitro groups is 1. The number of carbonyl (C=O) groups excluding carboxylic acids is 2. The van der Waals surface area contributed by atoms with Gasteiger partial charge in [-0.25, -0.2) is 0 Å². The van der Waals surface area contributed by atoms with Gasteiger partial charge in [-0.2, -0.15) is 0 Å². The second-order valence-corrected chi connectivity index (χ2v) is 8.62. The van der Waals surface area contributed by atoms with E-state index in [1.165, 1.54) is 38.5 Å². The lowest BCUT2D eigenvalue weighted by molar-refractivity contribution is -0.384. The van der Waals surface area contributed by atoms with Gasteiger partial charge < -0.3 is 14.8 Å². The topological polar surface area (TPSA) is 108 Å². The molecule has 0 fully saturated rings. The van der Waals surface area contributed by atoms with Gasteiger partial charge in [-0.1, -0.05) is 36.4 Å². The quantitative estimate of drug-likeness (QED) is 0.188. The lowest BCUT2D eigenvalue weighted by atomic mass is 9.75. The van der Waals surface area contributed by atoms with Crippen molar-refractivity contribution in [2.45, 2.75) is 5.92 Å². The highest BCUT2D eigenvalue weighted by molar-refractivity contribution is 9.10. The Morgan fingerprint density at radius 1 is 1.09 bits per heavy atom. The third-order valence-corrected chi connectivity index (χ3v) is 6.68. The minimum atomic E-state index is -1.11. The first-order chi connectivity index (χ1) is 16.8. The van der Waals surface area contributed by atoms with Gasteiger partial charge in [-0.05, 0) is 56.9 Å². The number of hydrogen-bond acceptors (Lipinski definition) is 6. The van der Waals surface area contributed by atoms with E-state index in [0.29, 0.717) is 38.3 Å². The van der Waals surface area contributed by atoms with Crippen molar-refractivity contribution in [1.29, 1.82) is 0 Å². The Hall–Kier alpha value is -3.98. The number of nitro benzene ring substituents is 1. The van der Waals surface area contributed by atoms with E-state index in [1.807, 2.05) is 6.07 Å². The van der Waals surface area contributed by atoms with Crippen LogP contribution in [0.1, 0.15) is 22.6 Å². The number of allylic oxidation sites excluding steroid dienone is 1. The summed E-state index contributed by atoms with van der Waals surface area (Å²) in [5.41, 5.74) is 2.22. The van der Waals surface area contributed by atoms with Crippen LogP contribution in [0.15, 0.2) is 71.2 Å². The molecular weight excluding hydrogens is 516 g/mol. The summed E-state index contributed by atoms with van der Waals surface area (Å²) in [7, 11) is 3.03. The van der Waals surface area contributed by atoms with Crippen molar-refractivity contribution >= 4 is 45.1 Å². The van der Waals surface area contributed by atoms with Crippen molar-refractivity contribution in [3.63, 3.8) is 0 Å². The number of nitrogens with zero attached hydrogens (tertiary/aromatic N) is 1. The predicted molar refractivity (Wildman–Crippen MR) is 135 cm³/mol. The number of carbonyl (C=O) groups is 2. The minimum absolute atomic E-state index is 0.114. The van der Waals surface area contributed by atoms with Crippen LogP contribution in [-0.4, -0.2) is 30.8 Å². The number of fused-ring (bicyclic) bond motifs is 1. The number of non-ortho nitro benzene ring substituents is 1. The Kier molecular flexibility index (Phi) is 6.97. The Balaban J connectivity index is 1.76. The molecule has 3 aromatic carbocycles. The summed E-state index contributed by atoms with van der Waals surface area (Å²) >= 11 is 3.47. The van der Waals surface area contributed by atoms with E-state index in [-0.39, 0.29) is 5.69 Å². The fourth-order valence-electron chi connectivity index (χ4n) is 4.21. The van der Waals surface area contributed by atoms with E-state index in [1.54, 1.807) is 42.5 Å². The van der Waals surface area contributed by atoms with Crippen LogP contribution in [-0.2, 0) is 9.59 Å². The zero-order valence-corrected chi connectivity index (χ0v) is 20.4. The zero-order valence-electron chi connectivity index (χ0n) is 18.9. The molecule has 2 atom stereocenters. The van der Waals surface area contributed by atoms with Crippen LogP contribution in [0.25, 0.3) is 6.08 Å². The van der Waals surface area contributed by atoms with Crippen LogP contribution in [0.2, 0.25) is 0 Å². The molecule has 178 valence electrons. The maximum Gasteiger partial charge on any atom is 0.269 e. The molecule has 0 radical (unpaired) electrons. The number of nitrogens with one attached hydrogen (secondary N) is 1. The lowest BCUT2D eigenvalue weighted by Crippen LogP contribution is -2.38. The average molecular weight is 537 g/mol. The molecule has 0 bridgehead atoms. The summed E-state index contributed by atoms with van der Waals surface area (Å²) < 4.78 is 11.3. The van der Waals surface area contributed by atoms with Crippen molar-refractivity contribution in [2.24, 2.45) is 5.92 Å². The minimum Gasteiger partial charge on any atom is -0.493 e.